The minimum absolute atomic E-state index is 1.05. The summed E-state index contributed by atoms with van der Waals surface area (Å²) < 4.78 is 23.4. The molecule has 1 aliphatic rings. The molecule has 0 aliphatic carbocycles. The van der Waals surface area contributed by atoms with Gasteiger partial charge in [-0.15, -0.1) is 0 Å². The van der Waals surface area contributed by atoms with E-state index in [0.29, 0.717) is 0 Å². The first-order valence-electron chi connectivity index (χ1n) is 1.68. The van der Waals surface area contributed by atoms with Gasteiger partial charge in [0.1, 0.15) is 0 Å². The highest BCUT2D eigenvalue weighted by Crippen LogP contribution is 1.97. The van der Waals surface area contributed by atoms with Crippen LogP contribution in [0.5, 0.6) is 0 Å². The Morgan fingerprint density at radius 1 is 1.43 bits per heavy atom. The minimum Gasteiger partial charge on any atom is -0.200 e. The van der Waals surface area contributed by atoms with Crippen molar-refractivity contribution in [1.29, 1.82) is 0 Å². The van der Waals surface area contributed by atoms with E-state index < -0.39 is 10.0 Å². The summed E-state index contributed by atoms with van der Waals surface area (Å²) in [7, 11) is -3.16. The monoisotopic (exact) mass is 117 g/mol. The van der Waals surface area contributed by atoms with Crippen molar-refractivity contribution in [3.05, 3.63) is 11.5 Å². The molecule has 0 radical (unpaired) electrons. The van der Waals surface area contributed by atoms with Gasteiger partial charge in [0.2, 0.25) is 0 Å². The summed E-state index contributed by atoms with van der Waals surface area (Å²) in [5.74, 6) is 0. The zero-order valence-electron chi connectivity index (χ0n) is 3.40. The average molecular weight is 117 g/mol. The van der Waals surface area contributed by atoms with E-state index in [1.165, 1.54) is 12.3 Å². The van der Waals surface area contributed by atoms with Crippen molar-refractivity contribution in [2.75, 3.05) is 0 Å². The Bertz CT molecular complexity index is 193. The van der Waals surface area contributed by atoms with E-state index in [0.717, 1.165) is 5.41 Å². The van der Waals surface area contributed by atoms with Crippen LogP contribution in [0.2, 0.25) is 0 Å². The first-order chi connectivity index (χ1) is 3.21. The van der Waals surface area contributed by atoms with Gasteiger partial charge >= 0.3 is 0 Å². The molecule has 0 saturated carbocycles. The number of sulfonamides is 1. The molecular formula is C3H3NO2S. The summed E-state index contributed by atoms with van der Waals surface area (Å²) >= 11 is 0. The highest BCUT2D eigenvalue weighted by atomic mass is 32.2. The highest BCUT2D eigenvalue weighted by Gasteiger charge is 2.01. The molecule has 0 fully saturated rings. The van der Waals surface area contributed by atoms with Gasteiger partial charge in [0.25, 0.3) is 10.0 Å². The maximum atomic E-state index is 10.1. The number of hydrogen-bond donors (Lipinski definition) is 0. The van der Waals surface area contributed by atoms with Crippen LogP contribution in [-0.4, -0.2) is 14.6 Å². The first kappa shape index (κ1) is 4.52. The first-order valence-corrected chi connectivity index (χ1v) is 3.18. The number of rotatable bonds is 0. The van der Waals surface area contributed by atoms with Crippen molar-refractivity contribution in [2.45, 2.75) is 0 Å². The zero-order valence-corrected chi connectivity index (χ0v) is 4.22. The zero-order chi connectivity index (χ0) is 5.33. The Morgan fingerprint density at radius 2 is 2.14 bits per heavy atom. The van der Waals surface area contributed by atoms with Crippen LogP contribution in [0.25, 0.3) is 0 Å². The summed E-state index contributed by atoms with van der Waals surface area (Å²) in [5.41, 5.74) is 0. The molecule has 0 aromatic heterocycles. The Balaban J connectivity index is 3.25. The number of hydrogen-bond acceptors (Lipinski definition) is 2. The molecule has 38 valence electrons. The van der Waals surface area contributed by atoms with Gasteiger partial charge < -0.3 is 0 Å². The maximum Gasteiger partial charge on any atom is 0.275 e. The Kier molecular flexibility index (Phi) is 0.751. The molecule has 0 aromatic carbocycles. The van der Waals surface area contributed by atoms with E-state index in [1.807, 2.05) is 0 Å². The normalized spacial score (nSPS) is 23.4. The highest BCUT2D eigenvalue weighted by molar-refractivity contribution is 7.93. The molecule has 0 amide bonds. The summed E-state index contributed by atoms with van der Waals surface area (Å²) in [6.07, 6.45) is 2.63. The van der Waals surface area contributed by atoms with Crippen molar-refractivity contribution in [1.82, 2.24) is 0 Å². The molecule has 1 rings (SSSR count). The van der Waals surface area contributed by atoms with Crippen LogP contribution >= 0.6 is 0 Å². The van der Waals surface area contributed by atoms with Crippen LogP contribution in [-0.2, 0) is 10.0 Å². The molecular weight excluding hydrogens is 114 g/mol. The largest absolute Gasteiger partial charge is 0.275 e. The minimum atomic E-state index is -3.16. The molecule has 1 aliphatic heterocycles. The van der Waals surface area contributed by atoms with Gasteiger partial charge in [-0.2, -0.15) is 12.8 Å². The maximum absolute atomic E-state index is 10.1. The molecule has 0 saturated heterocycles. The summed E-state index contributed by atoms with van der Waals surface area (Å²) in [5, 5.41) is 1.05. The summed E-state index contributed by atoms with van der Waals surface area (Å²) in [4.78, 5) is 0. The van der Waals surface area contributed by atoms with E-state index >= 15 is 0 Å². The molecule has 1 heterocycles. The molecule has 0 spiro atoms. The molecule has 7 heavy (non-hydrogen) atoms. The topological polar surface area (TPSA) is 46.5 Å². The van der Waals surface area contributed by atoms with Gasteiger partial charge in [-0.1, -0.05) is 0 Å². The molecule has 0 atom stereocenters. The lowest BCUT2D eigenvalue weighted by Crippen LogP contribution is -1.80. The van der Waals surface area contributed by atoms with Crippen molar-refractivity contribution in [2.24, 2.45) is 4.40 Å². The van der Waals surface area contributed by atoms with E-state index in [1.54, 1.807) is 0 Å². The van der Waals surface area contributed by atoms with Crippen LogP contribution in [0.15, 0.2) is 15.9 Å². The van der Waals surface area contributed by atoms with Gasteiger partial charge in [-0.25, -0.2) is 0 Å². The quantitative estimate of drug-likeness (QED) is 0.445. The summed E-state index contributed by atoms with van der Waals surface area (Å²) in [6.45, 7) is 0. The van der Waals surface area contributed by atoms with Crippen molar-refractivity contribution >= 4 is 16.2 Å². The van der Waals surface area contributed by atoms with Gasteiger partial charge in [0.15, 0.2) is 0 Å². The lowest BCUT2D eigenvalue weighted by molar-refractivity contribution is 0.607. The van der Waals surface area contributed by atoms with Gasteiger partial charge in [0.05, 0.1) is 5.41 Å². The molecule has 0 N–H and O–H groups in total. The van der Waals surface area contributed by atoms with E-state index in [4.69, 9.17) is 0 Å². The predicted molar refractivity (Wildman–Crippen MR) is 26.6 cm³/mol. The van der Waals surface area contributed by atoms with Crippen LogP contribution in [0, 0.1) is 0 Å². The van der Waals surface area contributed by atoms with Crippen molar-refractivity contribution in [3.8, 4) is 0 Å². The van der Waals surface area contributed by atoms with Crippen molar-refractivity contribution in [3.63, 3.8) is 0 Å². The molecule has 0 bridgehead atoms. The molecule has 0 aromatic rings. The fourth-order valence-corrected chi connectivity index (χ4v) is 0.869. The Morgan fingerprint density at radius 3 is 2.29 bits per heavy atom. The Labute approximate surface area is 41.4 Å². The Hall–Kier alpha value is -0.640. The van der Waals surface area contributed by atoms with Crippen LogP contribution in [0.3, 0.4) is 0 Å². The third-order valence-electron chi connectivity index (χ3n) is 0.544. The molecule has 4 heteroatoms. The van der Waals surface area contributed by atoms with E-state index in [9.17, 15) is 8.42 Å². The van der Waals surface area contributed by atoms with Gasteiger partial charge in [-0.3, -0.25) is 0 Å². The fourth-order valence-electron chi connectivity index (χ4n) is 0.290. The predicted octanol–water partition coefficient (Wildman–Crippen LogP) is -0.0857. The standard InChI is InChI=1S/C3H3NO2S/c5-7(6)3-1-2-4-7/h1-3H. The van der Waals surface area contributed by atoms with E-state index in [2.05, 4.69) is 4.40 Å². The van der Waals surface area contributed by atoms with Crippen LogP contribution < -0.4 is 0 Å². The van der Waals surface area contributed by atoms with Gasteiger partial charge in [-0.05, 0) is 6.08 Å². The van der Waals surface area contributed by atoms with Crippen LogP contribution in [0.4, 0.5) is 0 Å². The summed E-state index contributed by atoms with van der Waals surface area (Å²) in [6, 6.07) is 0. The van der Waals surface area contributed by atoms with Crippen molar-refractivity contribution < 1.29 is 8.42 Å². The lowest BCUT2D eigenvalue weighted by atomic mass is 10.7. The molecule has 3 nitrogen and oxygen atoms in total. The third kappa shape index (κ3) is 0.866. The smallest absolute Gasteiger partial charge is 0.200 e. The number of nitrogens with zero attached hydrogens (tertiary/aromatic N) is 1. The molecule has 0 unspecified atom stereocenters. The SMILES string of the molecule is O=S1(=O)C=CC=N1. The third-order valence-corrected chi connectivity index (χ3v) is 1.46. The average Bonchev–Trinajstić information content (AvgIpc) is 1.84. The number of allylic oxidation sites excluding steroid dienone is 1. The second kappa shape index (κ2) is 1.16. The van der Waals surface area contributed by atoms with E-state index in [-0.39, 0.29) is 0 Å². The fraction of sp³-hybridized carbons (Fsp3) is 0. The van der Waals surface area contributed by atoms with Crippen LogP contribution in [0.1, 0.15) is 0 Å². The van der Waals surface area contributed by atoms with Gasteiger partial charge in [0, 0.05) is 6.21 Å². The second-order valence-electron chi connectivity index (χ2n) is 1.10. The second-order valence-corrected chi connectivity index (χ2v) is 2.61. The lowest BCUT2D eigenvalue weighted by Gasteiger charge is -1.73.